The van der Waals surface area contributed by atoms with Crippen molar-refractivity contribution >= 4 is 28.4 Å². The SMILES string of the molecule is CN1c2ccccc2N(C)C1c1ccc(N(c2ccccc2)c2ccccc2)cc1. The van der Waals surface area contributed by atoms with Gasteiger partial charge in [-0.05, 0) is 54.1 Å². The van der Waals surface area contributed by atoms with Gasteiger partial charge < -0.3 is 14.7 Å². The van der Waals surface area contributed by atoms with Crippen molar-refractivity contribution in [1.82, 2.24) is 0 Å². The summed E-state index contributed by atoms with van der Waals surface area (Å²) in [5, 5.41) is 0. The fourth-order valence-corrected chi connectivity index (χ4v) is 4.43. The average molecular weight is 392 g/mol. The van der Waals surface area contributed by atoms with Crippen molar-refractivity contribution in [3.05, 3.63) is 115 Å². The van der Waals surface area contributed by atoms with Crippen molar-refractivity contribution < 1.29 is 0 Å². The van der Waals surface area contributed by atoms with E-state index in [4.69, 9.17) is 0 Å². The van der Waals surface area contributed by atoms with E-state index in [2.05, 4.69) is 138 Å². The lowest BCUT2D eigenvalue weighted by Crippen LogP contribution is -2.30. The van der Waals surface area contributed by atoms with Crippen molar-refractivity contribution in [1.29, 1.82) is 0 Å². The van der Waals surface area contributed by atoms with E-state index in [1.807, 2.05) is 0 Å². The van der Waals surface area contributed by atoms with Crippen LogP contribution in [0.3, 0.4) is 0 Å². The Morgan fingerprint density at radius 2 is 0.900 bits per heavy atom. The van der Waals surface area contributed by atoms with E-state index in [1.54, 1.807) is 0 Å². The highest BCUT2D eigenvalue weighted by atomic mass is 15.4. The van der Waals surface area contributed by atoms with Crippen LogP contribution in [-0.2, 0) is 0 Å². The maximum absolute atomic E-state index is 2.34. The monoisotopic (exact) mass is 391 g/mol. The Hall–Kier alpha value is -3.72. The molecule has 3 nitrogen and oxygen atoms in total. The zero-order valence-electron chi connectivity index (χ0n) is 17.3. The van der Waals surface area contributed by atoms with Crippen molar-refractivity contribution in [2.24, 2.45) is 0 Å². The molecule has 0 aliphatic carbocycles. The molecule has 5 rings (SSSR count). The van der Waals surface area contributed by atoms with Crippen LogP contribution < -0.4 is 14.7 Å². The standard InChI is InChI=1S/C27H25N3/c1-28-25-15-9-10-16-26(25)29(2)27(28)21-17-19-24(20-18-21)30(22-11-5-3-6-12-22)23-13-7-4-8-14-23/h3-20,27H,1-2H3. The second-order valence-corrected chi connectivity index (χ2v) is 7.68. The van der Waals surface area contributed by atoms with Gasteiger partial charge in [0.2, 0.25) is 0 Å². The van der Waals surface area contributed by atoms with Gasteiger partial charge in [-0.15, -0.1) is 0 Å². The molecule has 0 fully saturated rings. The summed E-state index contributed by atoms with van der Waals surface area (Å²) in [6, 6.07) is 38.6. The van der Waals surface area contributed by atoms with Gasteiger partial charge in [-0.25, -0.2) is 0 Å². The molecule has 3 heteroatoms. The lowest BCUT2D eigenvalue weighted by molar-refractivity contribution is 0.694. The van der Waals surface area contributed by atoms with Crippen LogP contribution in [0.15, 0.2) is 109 Å². The molecule has 0 aromatic heterocycles. The van der Waals surface area contributed by atoms with E-state index < -0.39 is 0 Å². The minimum atomic E-state index is 0.193. The van der Waals surface area contributed by atoms with Crippen molar-refractivity contribution in [3.63, 3.8) is 0 Å². The molecular weight excluding hydrogens is 366 g/mol. The first-order valence-corrected chi connectivity index (χ1v) is 10.3. The Morgan fingerprint density at radius 1 is 0.500 bits per heavy atom. The van der Waals surface area contributed by atoms with Gasteiger partial charge in [0.05, 0.1) is 11.4 Å². The molecule has 0 saturated carbocycles. The molecule has 0 radical (unpaired) electrons. The quantitative estimate of drug-likeness (QED) is 0.381. The highest BCUT2D eigenvalue weighted by Crippen LogP contribution is 2.44. The second-order valence-electron chi connectivity index (χ2n) is 7.68. The van der Waals surface area contributed by atoms with Gasteiger partial charge in [-0.1, -0.05) is 60.7 Å². The Morgan fingerprint density at radius 3 is 1.37 bits per heavy atom. The number of benzene rings is 4. The second kappa shape index (κ2) is 7.60. The highest BCUT2D eigenvalue weighted by Gasteiger charge is 2.31. The summed E-state index contributed by atoms with van der Waals surface area (Å²) in [5.41, 5.74) is 7.27. The maximum atomic E-state index is 2.34. The number of nitrogens with zero attached hydrogens (tertiary/aromatic N) is 3. The predicted molar refractivity (Wildman–Crippen MR) is 127 cm³/mol. The molecule has 0 amide bonds. The molecule has 0 bridgehead atoms. The number of hydrogen-bond acceptors (Lipinski definition) is 3. The van der Waals surface area contributed by atoms with E-state index >= 15 is 0 Å². The van der Waals surface area contributed by atoms with E-state index in [0.717, 1.165) is 17.1 Å². The molecule has 30 heavy (non-hydrogen) atoms. The molecule has 1 heterocycles. The fraction of sp³-hybridized carbons (Fsp3) is 0.111. The van der Waals surface area contributed by atoms with Crippen LogP contribution in [0.5, 0.6) is 0 Å². The summed E-state index contributed by atoms with van der Waals surface area (Å²) >= 11 is 0. The molecular formula is C27H25N3. The van der Waals surface area contributed by atoms with Gasteiger partial charge in [0.15, 0.2) is 0 Å². The molecule has 4 aromatic rings. The number of anilines is 5. The topological polar surface area (TPSA) is 9.72 Å². The molecule has 0 N–H and O–H groups in total. The van der Waals surface area contributed by atoms with Gasteiger partial charge in [-0.3, -0.25) is 0 Å². The Balaban J connectivity index is 1.51. The van der Waals surface area contributed by atoms with E-state index in [9.17, 15) is 0 Å². The summed E-state index contributed by atoms with van der Waals surface area (Å²) in [7, 11) is 4.34. The zero-order chi connectivity index (χ0) is 20.5. The molecule has 148 valence electrons. The van der Waals surface area contributed by atoms with Gasteiger partial charge >= 0.3 is 0 Å². The van der Waals surface area contributed by atoms with Gasteiger partial charge in [0.1, 0.15) is 6.17 Å². The van der Waals surface area contributed by atoms with Crippen molar-refractivity contribution in [3.8, 4) is 0 Å². The first kappa shape index (κ1) is 18.3. The summed E-state index contributed by atoms with van der Waals surface area (Å²) in [6.07, 6.45) is 0.193. The first-order chi connectivity index (χ1) is 14.7. The van der Waals surface area contributed by atoms with Crippen LogP contribution in [0.25, 0.3) is 0 Å². The number of hydrogen-bond donors (Lipinski definition) is 0. The molecule has 0 atom stereocenters. The summed E-state index contributed by atoms with van der Waals surface area (Å²) < 4.78 is 0. The highest BCUT2D eigenvalue weighted by molar-refractivity contribution is 5.79. The Kier molecular flexibility index (Phi) is 4.64. The van der Waals surface area contributed by atoms with Crippen LogP contribution in [0, 0.1) is 0 Å². The van der Waals surface area contributed by atoms with Crippen LogP contribution in [0.4, 0.5) is 28.4 Å². The minimum absolute atomic E-state index is 0.193. The molecule has 1 aliphatic heterocycles. The molecule has 0 saturated heterocycles. The van der Waals surface area contributed by atoms with Gasteiger partial charge in [0.25, 0.3) is 0 Å². The normalized spacial score (nSPS) is 13.4. The third kappa shape index (κ3) is 3.09. The molecule has 0 unspecified atom stereocenters. The largest absolute Gasteiger partial charge is 0.349 e. The van der Waals surface area contributed by atoms with Crippen molar-refractivity contribution in [2.45, 2.75) is 6.17 Å². The third-order valence-corrected chi connectivity index (χ3v) is 5.85. The maximum Gasteiger partial charge on any atom is 0.128 e. The molecule has 4 aromatic carbocycles. The number of fused-ring (bicyclic) bond motifs is 1. The minimum Gasteiger partial charge on any atom is -0.349 e. The zero-order valence-corrected chi connectivity index (χ0v) is 17.3. The van der Waals surface area contributed by atoms with Crippen LogP contribution in [0.1, 0.15) is 11.7 Å². The summed E-state index contributed by atoms with van der Waals surface area (Å²) in [6.45, 7) is 0. The van der Waals surface area contributed by atoms with Gasteiger partial charge in [-0.2, -0.15) is 0 Å². The summed E-state index contributed by atoms with van der Waals surface area (Å²) in [5.74, 6) is 0. The first-order valence-electron chi connectivity index (χ1n) is 10.3. The fourth-order valence-electron chi connectivity index (χ4n) is 4.43. The Bertz CT molecular complexity index is 1060. The van der Waals surface area contributed by atoms with E-state index in [0.29, 0.717) is 0 Å². The average Bonchev–Trinajstić information content (AvgIpc) is 3.06. The smallest absolute Gasteiger partial charge is 0.128 e. The lowest BCUT2D eigenvalue weighted by atomic mass is 10.1. The van der Waals surface area contributed by atoms with Crippen molar-refractivity contribution in [2.75, 3.05) is 28.8 Å². The van der Waals surface area contributed by atoms with E-state index in [-0.39, 0.29) is 6.17 Å². The summed E-state index contributed by atoms with van der Waals surface area (Å²) in [4.78, 5) is 6.98. The third-order valence-electron chi connectivity index (χ3n) is 5.85. The molecule has 0 spiro atoms. The molecule has 1 aliphatic rings. The van der Waals surface area contributed by atoms with Crippen LogP contribution >= 0.6 is 0 Å². The van der Waals surface area contributed by atoms with Crippen LogP contribution in [0.2, 0.25) is 0 Å². The van der Waals surface area contributed by atoms with Gasteiger partial charge in [0, 0.05) is 31.2 Å². The van der Waals surface area contributed by atoms with Crippen LogP contribution in [-0.4, -0.2) is 14.1 Å². The lowest BCUT2D eigenvalue weighted by Gasteiger charge is -2.29. The Labute approximate surface area is 178 Å². The number of para-hydroxylation sites is 4. The predicted octanol–water partition coefficient (Wildman–Crippen LogP) is 6.74. The van der Waals surface area contributed by atoms with E-state index in [1.165, 1.54) is 16.9 Å². The number of rotatable bonds is 4.